The second-order valence-corrected chi connectivity index (χ2v) is 4.66. The van der Waals surface area contributed by atoms with Crippen molar-refractivity contribution in [1.29, 1.82) is 0 Å². The van der Waals surface area contributed by atoms with Crippen molar-refractivity contribution >= 4 is 57.6 Å². The van der Waals surface area contributed by atoms with Gasteiger partial charge in [0.15, 0.2) is 13.2 Å². The minimum absolute atomic E-state index is 0.100. The lowest BCUT2D eigenvalue weighted by molar-refractivity contribution is -0.156. The number of hydrogen-bond acceptors (Lipinski definition) is 8. The molecule has 0 rings (SSSR count). The van der Waals surface area contributed by atoms with E-state index in [4.69, 9.17) is 33.4 Å². The molecule has 0 bridgehead atoms. The van der Waals surface area contributed by atoms with Gasteiger partial charge in [-0.15, -0.1) is 0 Å². The minimum Gasteiger partial charge on any atom is -0.481 e. The number of hydrogen-bond donors (Lipinski definition) is 2. The molecule has 0 aliphatic carbocycles. The van der Waals surface area contributed by atoms with Crippen molar-refractivity contribution in [3.63, 3.8) is 0 Å². The van der Waals surface area contributed by atoms with Crippen LogP contribution in [0.2, 0.25) is 0 Å². The highest BCUT2D eigenvalue weighted by molar-refractivity contribution is 6.64. The molecule has 0 unspecified atom stereocenters. The molecule has 10 nitrogen and oxygen atoms in total. The van der Waals surface area contributed by atoms with Crippen LogP contribution in [0, 0.1) is 0 Å². The summed E-state index contributed by atoms with van der Waals surface area (Å²) < 4.78 is 8.47. The number of esters is 2. The molecule has 0 aromatic carbocycles. The maximum absolute atomic E-state index is 10.6. The summed E-state index contributed by atoms with van der Waals surface area (Å²) in [4.78, 5) is 61.1. The smallest absolute Gasteiger partial charge is 0.341 e. The van der Waals surface area contributed by atoms with E-state index < -0.39 is 47.6 Å². The van der Waals surface area contributed by atoms with Crippen LogP contribution in [0.25, 0.3) is 0 Å². The zero-order valence-electron chi connectivity index (χ0n) is 12.2. The Bertz CT molecular complexity index is 404. The van der Waals surface area contributed by atoms with Gasteiger partial charge in [0.25, 0.3) is 5.24 Å². The Balaban J connectivity index is 0. The molecular weight excluding hydrogens is 375 g/mol. The fourth-order valence-corrected chi connectivity index (χ4v) is 0.982. The summed E-state index contributed by atoms with van der Waals surface area (Å²) in [6.45, 7) is -1.20. The van der Waals surface area contributed by atoms with Gasteiger partial charge in [0.05, 0.1) is 19.3 Å². The van der Waals surface area contributed by atoms with Crippen molar-refractivity contribution in [3.8, 4) is 0 Å². The Morgan fingerprint density at radius 2 is 1.08 bits per heavy atom. The second-order valence-electron chi connectivity index (χ2n) is 3.82. The van der Waals surface area contributed by atoms with E-state index in [-0.39, 0.29) is 25.7 Å². The van der Waals surface area contributed by atoms with E-state index in [9.17, 15) is 28.8 Å². The van der Waals surface area contributed by atoms with Gasteiger partial charge in [-0.2, -0.15) is 0 Å². The van der Waals surface area contributed by atoms with E-state index >= 15 is 0 Å². The molecule has 0 fully saturated rings. The van der Waals surface area contributed by atoms with E-state index in [0.29, 0.717) is 0 Å². The van der Waals surface area contributed by atoms with Gasteiger partial charge in [-0.25, -0.2) is 4.79 Å². The molecule has 2 N–H and O–H groups in total. The molecule has 0 aliphatic rings. The zero-order valence-corrected chi connectivity index (χ0v) is 13.7. The molecule has 0 spiro atoms. The Labute approximate surface area is 145 Å². The first kappa shape index (κ1) is 24.1. The summed E-state index contributed by atoms with van der Waals surface area (Å²) in [5, 5.41) is 14.8. The summed E-state index contributed by atoms with van der Waals surface area (Å²) in [5.74, 6) is -3.88. The van der Waals surface area contributed by atoms with Crippen LogP contribution in [0.4, 0.5) is 0 Å². The third-order valence-corrected chi connectivity index (χ3v) is 2.07. The van der Waals surface area contributed by atoms with Crippen molar-refractivity contribution in [2.45, 2.75) is 25.7 Å². The molecule has 0 heterocycles. The summed E-state index contributed by atoms with van der Waals surface area (Å²) >= 11 is 9.82. The number of carboxylic acid groups (broad SMARTS) is 2. The van der Waals surface area contributed by atoms with E-state index in [1.165, 1.54) is 0 Å². The minimum atomic E-state index is -1.27. The van der Waals surface area contributed by atoms with E-state index in [1.54, 1.807) is 0 Å². The van der Waals surface area contributed by atoms with Gasteiger partial charge < -0.3 is 19.7 Å². The van der Waals surface area contributed by atoms with Gasteiger partial charge >= 0.3 is 23.9 Å². The molecular formula is C12H14Cl2O10. The van der Waals surface area contributed by atoms with Gasteiger partial charge in [0, 0.05) is 6.42 Å². The number of halogens is 2. The van der Waals surface area contributed by atoms with Gasteiger partial charge in [-0.05, 0) is 23.2 Å². The molecule has 0 radical (unpaired) electrons. The molecule has 12 heteroatoms. The van der Waals surface area contributed by atoms with Crippen molar-refractivity contribution < 1.29 is 48.5 Å². The lowest BCUT2D eigenvalue weighted by Crippen LogP contribution is -2.13. The fourth-order valence-electron chi connectivity index (χ4n) is 0.833. The Kier molecular flexibility index (Phi) is 14.4. The largest absolute Gasteiger partial charge is 0.481 e. The molecule has 0 atom stereocenters. The van der Waals surface area contributed by atoms with Crippen LogP contribution >= 0.6 is 23.2 Å². The van der Waals surface area contributed by atoms with Crippen molar-refractivity contribution in [1.82, 2.24) is 0 Å². The monoisotopic (exact) mass is 388 g/mol. The molecule has 0 aliphatic heterocycles. The molecule has 136 valence electrons. The number of ether oxygens (including phenoxy) is 2. The molecule has 24 heavy (non-hydrogen) atoms. The zero-order chi connectivity index (χ0) is 19.1. The highest BCUT2D eigenvalue weighted by Crippen LogP contribution is 1.97. The number of carbonyl (C=O) groups is 6. The number of rotatable bonds is 10. The van der Waals surface area contributed by atoms with Crippen LogP contribution in [0.5, 0.6) is 0 Å². The van der Waals surface area contributed by atoms with Gasteiger partial charge in [-0.3, -0.25) is 24.0 Å². The lowest BCUT2D eigenvalue weighted by atomic mass is 10.3. The summed E-state index contributed by atoms with van der Waals surface area (Å²) in [6, 6.07) is 0. The van der Waals surface area contributed by atoms with E-state index in [2.05, 4.69) is 9.47 Å². The van der Waals surface area contributed by atoms with Crippen LogP contribution in [-0.4, -0.2) is 57.8 Å². The van der Waals surface area contributed by atoms with Gasteiger partial charge in [0.1, 0.15) is 0 Å². The first-order valence-electron chi connectivity index (χ1n) is 6.16. The first-order chi connectivity index (χ1) is 11.0. The molecule has 0 amide bonds. The number of aliphatic carboxylic acids is 2. The maximum Gasteiger partial charge on any atom is 0.341 e. The average molecular weight is 389 g/mol. The van der Waals surface area contributed by atoms with Crippen molar-refractivity contribution in [2.75, 3.05) is 13.2 Å². The van der Waals surface area contributed by atoms with Crippen molar-refractivity contribution in [3.05, 3.63) is 0 Å². The quantitative estimate of drug-likeness (QED) is 0.393. The highest BCUT2D eigenvalue weighted by Gasteiger charge is 2.08. The summed E-state index contributed by atoms with van der Waals surface area (Å²) in [5.41, 5.74) is 0. The van der Waals surface area contributed by atoms with E-state index in [1.807, 2.05) is 0 Å². The fraction of sp³-hybridized carbons (Fsp3) is 0.500. The number of carbonyl (C=O) groups excluding carboxylic acids is 4. The SMILES string of the molecule is O=C(Cl)CCC(=O)OCC(=O)Cl.O=C(O)CCC(=O)OCC(=O)O. The molecule has 0 aromatic heterocycles. The summed E-state index contributed by atoms with van der Waals surface area (Å²) in [7, 11) is 0. The van der Waals surface area contributed by atoms with Crippen LogP contribution in [-0.2, 0) is 38.2 Å². The molecule has 0 aromatic rings. The maximum atomic E-state index is 10.6. The standard InChI is InChI=1S/C6H6Cl2O4.C6H8O6/c7-4(9)1-2-6(11)12-3-5(8)10;7-4(8)1-2-6(11)12-3-5(9)10/h1-3H2;1-3H2,(H,7,8)(H,9,10). The third-order valence-electron chi connectivity index (χ3n) is 1.77. The topological polar surface area (TPSA) is 161 Å². The lowest BCUT2D eigenvalue weighted by Gasteiger charge is -1.98. The van der Waals surface area contributed by atoms with Crippen LogP contribution in [0.1, 0.15) is 25.7 Å². The third kappa shape index (κ3) is 22.1. The Morgan fingerprint density at radius 1 is 0.625 bits per heavy atom. The molecule has 0 saturated carbocycles. The van der Waals surface area contributed by atoms with Crippen LogP contribution < -0.4 is 0 Å². The Morgan fingerprint density at radius 3 is 1.46 bits per heavy atom. The normalized spacial score (nSPS) is 9.08. The average Bonchev–Trinajstić information content (AvgIpc) is 2.47. The van der Waals surface area contributed by atoms with Gasteiger partial charge in [0.2, 0.25) is 5.24 Å². The first-order valence-corrected chi connectivity index (χ1v) is 6.91. The van der Waals surface area contributed by atoms with Crippen molar-refractivity contribution in [2.24, 2.45) is 0 Å². The summed E-state index contributed by atoms with van der Waals surface area (Å²) in [6.07, 6.45) is -0.884. The van der Waals surface area contributed by atoms with Crippen LogP contribution in [0.3, 0.4) is 0 Å². The predicted octanol–water partition coefficient (Wildman–Crippen LogP) is 0.320. The highest BCUT2D eigenvalue weighted by atomic mass is 35.5. The van der Waals surface area contributed by atoms with E-state index in [0.717, 1.165) is 0 Å². The second kappa shape index (κ2) is 14.4. The predicted molar refractivity (Wildman–Crippen MR) is 77.4 cm³/mol. The van der Waals surface area contributed by atoms with Gasteiger partial charge in [-0.1, -0.05) is 0 Å². The number of carboxylic acids is 2. The van der Waals surface area contributed by atoms with Crippen LogP contribution in [0.15, 0.2) is 0 Å². The Hall–Kier alpha value is -2.20. The molecule has 0 saturated heterocycles.